The van der Waals surface area contributed by atoms with Crippen molar-refractivity contribution >= 4 is 0 Å². The molecule has 3 unspecified atom stereocenters. The second kappa shape index (κ2) is 6.58. The molecule has 2 rings (SSSR count). The maximum absolute atomic E-state index is 5.53. The van der Waals surface area contributed by atoms with E-state index < -0.39 is 0 Å². The van der Waals surface area contributed by atoms with Crippen LogP contribution in [0.4, 0.5) is 0 Å². The van der Waals surface area contributed by atoms with Gasteiger partial charge in [-0.1, -0.05) is 0 Å². The highest BCUT2D eigenvalue weighted by Crippen LogP contribution is 2.40. The Bertz CT molecular complexity index is 196. The molecule has 2 aliphatic rings. The van der Waals surface area contributed by atoms with Crippen LogP contribution >= 0.6 is 0 Å². The van der Waals surface area contributed by atoms with Crippen LogP contribution in [0.2, 0.25) is 0 Å². The van der Waals surface area contributed by atoms with Gasteiger partial charge in [-0.15, -0.1) is 0 Å². The number of rotatable bonds is 8. The highest BCUT2D eigenvalue weighted by atomic mass is 16.6. The van der Waals surface area contributed by atoms with Crippen molar-refractivity contribution in [2.75, 3.05) is 26.4 Å². The van der Waals surface area contributed by atoms with E-state index in [1.807, 2.05) is 6.92 Å². The van der Waals surface area contributed by atoms with Gasteiger partial charge in [-0.2, -0.15) is 0 Å². The van der Waals surface area contributed by atoms with Crippen molar-refractivity contribution in [3.63, 3.8) is 0 Å². The third-order valence-corrected chi connectivity index (χ3v) is 3.59. The van der Waals surface area contributed by atoms with Crippen molar-refractivity contribution in [2.24, 2.45) is 5.92 Å². The molecule has 1 aliphatic carbocycles. The first kappa shape index (κ1) is 12.3. The first-order valence-corrected chi connectivity index (χ1v) is 6.71. The quantitative estimate of drug-likeness (QED) is 0.472. The zero-order valence-electron chi connectivity index (χ0n) is 10.3. The molecule has 94 valence electrons. The summed E-state index contributed by atoms with van der Waals surface area (Å²) in [5.41, 5.74) is 0. The fourth-order valence-corrected chi connectivity index (χ4v) is 2.59. The largest absolute Gasteiger partial charge is 0.379 e. The van der Waals surface area contributed by atoms with Crippen molar-refractivity contribution < 1.29 is 14.2 Å². The molecule has 3 heteroatoms. The first-order chi connectivity index (χ1) is 7.90. The minimum atomic E-state index is 0.623. The van der Waals surface area contributed by atoms with E-state index in [-0.39, 0.29) is 0 Å². The molecule has 0 amide bonds. The SMILES string of the molecule is CCOCCOCCCC1CCC2OC2C1. The smallest absolute Gasteiger partial charge is 0.0844 e. The molecule has 0 N–H and O–H groups in total. The Hall–Kier alpha value is -0.120. The second-order valence-corrected chi connectivity index (χ2v) is 4.84. The topological polar surface area (TPSA) is 31.0 Å². The van der Waals surface area contributed by atoms with E-state index in [4.69, 9.17) is 14.2 Å². The van der Waals surface area contributed by atoms with Gasteiger partial charge in [-0.05, 0) is 44.9 Å². The lowest BCUT2D eigenvalue weighted by molar-refractivity contribution is 0.0498. The van der Waals surface area contributed by atoms with Crippen molar-refractivity contribution in [1.29, 1.82) is 0 Å². The molecule has 2 fully saturated rings. The zero-order chi connectivity index (χ0) is 11.2. The lowest BCUT2D eigenvalue weighted by atomic mass is 9.86. The number of fused-ring (bicyclic) bond motifs is 1. The fraction of sp³-hybridized carbons (Fsp3) is 1.00. The number of ether oxygens (including phenoxy) is 3. The molecule has 1 saturated carbocycles. The Kier molecular flexibility index (Phi) is 5.07. The summed E-state index contributed by atoms with van der Waals surface area (Å²) in [4.78, 5) is 0. The summed E-state index contributed by atoms with van der Waals surface area (Å²) in [6, 6.07) is 0. The minimum absolute atomic E-state index is 0.623. The van der Waals surface area contributed by atoms with Crippen molar-refractivity contribution in [2.45, 2.75) is 51.2 Å². The summed E-state index contributed by atoms with van der Waals surface area (Å²) in [6.45, 7) is 5.16. The number of hydrogen-bond acceptors (Lipinski definition) is 3. The predicted octanol–water partition coefficient (Wildman–Crippen LogP) is 2.39. The van der Waals surface area contributed by atoms with E-state index in [1.165, 1.54) is 32.1 Å². The molecule has 1 aliphatic heterocycles. The molecular weight excluding hydrogens is 204 g/mol. The molecule has 0 aromatic rings. The van der Waals surface area contributed by atoms with Crippen LogP contribution < -0.4 is 0 Å². The molecule has 0 aromatic carbocycles. The van der Waals surface area contributed by atoms with Crippen LogP contribution in [-0.4, -0.2) is 38.6 Å². The molecule has 0 radical (unpaired) electrons. The average molecular weight is 228 g/mol. The summed E-state index contributed by atoms with van der Waals surface area (Å²) >= 11 is 0. The van der Waals surface area contributed by atoms with Gasteiger partial charge in [0.25, 0.3) is 0 Å². The van der Waals surface area contributed by atoms with Gasteiger partial charge in [0.1, 0.15) is 0 Å². The van der Waals surface area contributed by atoms with Gasteiger partial charge in [0.2, 0.25) is 0 Å². The molecule has 3 atom stereocenters. The molecule has 0 bridgehead atoms. The molecule has 16 heavy (non-hydrogen) atoms. The molecule has 0 spiro atoms. The van der Waals surface area contributed by atoms with Crippen molar-refractivity contribution in [1.82, 2.24) is 0 Å². The van der Waals surface area contributed by atoms with Crippen LogP contribution in [0.3, 0.4) is 0 Å². The maximum atomic E-state index is 5.53. The highest BCUT2D eigenvalue weighted by Gasteiger charge is 2.43. The van der Waals surface area contributed by atoms with Crippen molar-refractivity contribution in [3.8, 4) is 0 Å². The summed E-state index contributed by atoms with van der Waals surface area (Å²) in [5, 5.41) is 0. The Morgan fingerprint density at radius 1 is 1.06 bits per heavy atom. The van der Waals surface area contributed by atoms with Gasteiger partial charge in [0.05, 0.1) is 25.4 Å². The van der Waals surface area contributed by atoms with E-state index in [9.17, 15) is 0 Å². The van der Waals surface area contributed by atoms with Crippen LogP contribution in [0.1, 0.15) is 39.0 Å². The van der Waals surface area contributed by atoms with E-state index in [0.29, 0.717) is 12.2 Å². The van der Waals surface area contributed by atoms with Crippen LogP contribution in [-0.2, 0) is 14.2 Å². The lowest BCUT2D eigenvalue weighted by Gasteiger charge is -2.18. The van der Waals surface area contributed by atoms with Crippen molar-refractivity contribution in [3.05, 3.63) is 0 Å². The zero-order valence-corrected chi connectivity index (χ0v) is 10.3. The number of epoxide rings is 1. The Balaban J connectivity index is 1.39. The highest BCUT2D eigenvalue weighted by molar-refractivity contribution is 4.91. The van der Waals surface area contributed by atoms with E-state index >= 15 is 0 Å². The van der Waals surface area contributed by atoms with Gasteiger partial charge in [0, 0.05) is 13.2 Å². The summed E-state index contributed by atoms with van der Waals surface area (Å²) in [7, 11) is 0. The monoisotopic (exact) mass is 228 g/mol. The summed E-state index contributed by atoms with van der Waals surface area (Å²) in [6.07, 6.45) is 7.70. The normalized spacial score (nSPS) is 32.4. The maximum Gasteiger partial charge on any atom is 0.0844 e. The fourth-order valence-electron chi connectivity index (χ4n) is 2.59. The van der Waals surface area contributed by atoms with Gasteiger partial charge in [0.15, 0.2) is 0 Å². The summed E-state index contributed by atoms with van der Waals surface area (Å²) < 4.78 is 16.2. The van der Waals surface area contributed by atoms with Gasteiger partial charge >= 0.3 is 0 Å². The van der Waals surface area contributed by atoms with Gasteiger partial charge < -0.3 is 14.2 Å². The van der Waals surface area contributed by atoms with E-state index in [2.05, 4.69) is 0 Å². The Morgan fingerprint density at radius 3 is 2.75 bits per heavy atom. The molecular formula is C13H24O3. The summed E-state index contributed by atoms with van der Waals surface area (Å²) in [5.74, 6) is 0.888. The van der Waals surface area contributed by atoms with E-state index in [1.54, 1.807) is 0 Å². The molecule has 1 heterocycles. The second-order valence-electron chi connectivity index (χ2n) is 4.84. The van der Waals surface area contributed by atoms with Crippen LogP contribution in [0.5, 0.6) is 0 Å². The average Bonchev–Trinajstić information content (AvgIpc) is 3.06. The first-order valence-electron chi connectivity index (χ1n) is 6.71. The van der Waals surface area contributed by atoms with Crippen LogP contribution in [0, 0.1) is 5.92 Å². The van der Waals surface area contributed by atoms with Crippen LogP contribution in [0.15, 0.2) is 0 Å². The molecule has 3 nitrogen and oxygen atoms in total. The van der Waals surface area contributed by atoms with Gasteiger partial charge in [-0.25, -0.2) is 0 Å². The van der Waals surface area contributed by atoms with Crippen LogP contribution in [0.25, 0.3) is 0 Å². The number of hydrogen-bond donors (Lipinski definition) is 0. The lowest BCUT2D eigenvalue weighted by Crippen LogP contribution is -2.14. The minimum Gasteiger partial charge on any atom is -0.379 e. The van der Waals surface area contributed by atoms with Gasteiger partial charge in [-0.3, -0.25) is 0 Å². The molecule has 0 aromatic heterocycles. The van der Waals surface area contributed by atoms with E-state index in [0.717, 1.165) is 32.3 Å². The predicted molar refractivity (Wildman–Crippen MR) is 62.5 cm³/mol. The Labute approximate surface area is 98.4 Å². The molecule has 1 saturated heterocycles. The third-order valence-electron chi connectivity index (χ3n) is 3.59. The standard InChI is InChI=1S/C13H24O3/c1-2-14-8-9-15-7-3-4-11-5-6-12-13(10-11)16-12/h11-13H,2-10H2,1H3. The third kappa shape index (κ3) is 4.04. The Morgan fingerprint density at radius 2 is 1.94 bits per heavy atom.